The highest BCUT2D eigenvalue weighted by Crippen LogP contribution is 2.41. The Balaban J connectivity index is 1.13. The van der Waals surface area contributed by atoms with Gasteiger partial charge in [-0.05, 0) is 58.9 Å². The molecule has 38 heavy (non-hydrogen) atoms. The van der Waals surface area contributed by atoms with Gasteiger partial charge in [0.15, 0.2) is 0 Å². The molecule has 3 unspecified atom stereocenters. The van der Waals surface area contributed by atoms with E-state index in [4.69, 9.17) is 14.6 Å². The second-order valence-corrected chi connectivity index (χ2v) is 12.0. The molecule has 2 saturated heterocycles. The van der Waals surface area contributed by atoms with Gasteiger partial charge >= 0.3 is 6.09 Å². The van der Waals surface area contributed by atoms with Crippen LogP contribution in [0.1, 0.15) is 57.3 Å². The lowest BCUT2D eigenvalue weighted by molar-refractivity contribution is 0.0109. The molecule has 0 radical (unpaired) electrons. The second-order valence-electron chi connectivity index (χ2n) is 12.0. The van der Waals surface area contributed by atoms with Crippen molar-refractivity contribution in [1.29, 1.82) is 5.26 Å². The first kappa shape index (κ1) is 24.7. The number of likely N-dealkylation sites (tertiary alicyclic amines) is 2. The summed E-state index contributed by atoms with van der Waals surface area (Å²) < 4.78 is 15.1. The number of aromatic nitrogens is 4. The van der Waals surface area contributed by atoms with Crippen molar-refractivity contribution < 1.29 is 14.3 Å². The summed E-state index contributed by atoms with van der Waals surface area (Å²) in [6.07, 6.45) is 8.47. The van der Waals surface area contributed by atoms with E-state index in [1.165, 1.54) is 0 Å². The molecule has 0 aromatic carbocycles. The average Bonchev–Trinajstić information content (AvgIpc) is 3.51. The molecule has 3 aromatic heterocycles. The smallest absolute Gasteiger partial charge is 0.410 e. The zero-order valence-corrected chi connectivity index (χ0v) is 22.7. The number of hydrogen-bond acceptors (Lipinski definition) is 7. The first-order chi connectivity index (χ1) is 18.1. The molecule has 1 saturated carbocycles. The number of ether oxygens (including phenoxy) is 2. The Hall–Kier alpha value is -3.58. The van der Waals surface area contributed by atoms with Gasteiger partial charge in [0.2, 0.25) is 0 Å². The van der Waals surface area contributed by atoms with Crippen LogP contribution in [0.25, 0.3) is 16.6 Å². The van der Waals surface area contributed by atoms with Crippen molar-refractivity contribution in [2.45, 2.75) is 70.7 Å². The highest BCUT2D eigenvalue weighted by molar-refractivity contribution is 5.76. The summed E-state index contributed by atoms with van der Waals surface area (Å²) in [5, 5.41) is 18.5. The van der Waals surface area contributed by atoms with Crippen LogP contribution in [0.4, 0.5) is 4.79 Å². The SMILES string of the molecule is COc1cc(-c2cnn(C3CN(C4CC5CC(C4)N(C(=O)OC(C)(C)C)C5)C3)c2C)cn2ncc(C#N)c12. The Morgan fingerprint density at radius 1 is 1.08 bits per heavy atom. The number of hydrogen-bond donors (Lipinski definition) is 0. The Morgan fingerprint density at radius 3 is 2.55 bits per heavy atom. The van der Waals surface area contributed by atoms with Crippen LogP contribution < -0.4 is 4.74 Å². The zero-order valence-electron chi connectivity index (χ0n) is 22.7. The summed E-state index contributed by atoms with van der Waals surface area (Å²) in [6.45, 7) is 10.6. The van der Waals surface area contributed by atoms with E-state index in [1.54, 1.807) is 17.8 Å². The van der Waals surface area contributed by atoms with Gasteiger partial charge < -0.3 is 14.4 Å². The fourth-order valence-electron chi connectivity index (χ4n) is 6.53. The second kappa shape index (κ2) is 9.02. The Kier molecular flexibility index (Phi) is 5.87. The zero-order chi connectivity index (χ0) is 26.8. The van der Waals surface area contributed by atoms with Gasteiger partial charge in [0.25, 0.3) is 0 Å². The van der Waals surface area contributed by atoms with Gasteiger partial charge in [0.1, 0.15) is 28.5 Å². The Morgan fingerprint density at radius 2 is 1.84 bits per heavy atom. The molecule has 2 bridgehead atoms. The van der Waals surface area contributed by atoms with Gasteiger partial charge in [0, 0.05) is 54.7 Å². The van der Waals surface area contributed by atoms with Gasteiger partial charge in [-0.3, -0.25) is 9.58 Å². The predicted molar refractivity (Wildman–Crippen MR) is 141 cm³/mol. The molecule has 10 nitrogen and oxygen atoms in total. The minimum Gasteiger partial charge on any atom is -0.494 e. The predicted octanol–water partition coefficient (Wildman–Crippen LogP) is 4.03. The largest absolute Gasteiger partial charge is 0.494 e. The molecule has 3 atom stereocenters. The molecular formula is C28H35N7O3. The molecular weight excluding hydrogens is 482 g/mol. The monoisotopic (exact) mass is 517 g/mol. The molecule has 10 heteroatoms. The van der Waals surface area contributed by atoms with E-state index >= 15 is 0 Å². The molecule has 6 rings (SSSR count). The van der Waals surface area contributed by atoms with E-state index in [2.05, 4.69) is 27.7 Å². The van der Waals surface area contributed by atoms with Crippen LogP contribution in [0.3, 0.4) is 0 Å². The lowest BCUT2D eigenvalue weighted by Gasteiger charge is -2.47. The topological polar surface area (TPSA) is 101 Å². The molecule has 5 heterocycles. The van der Waals surface area contributed by atoms with Crippen LogP contribution in [0, 0.1) is 24.2 Å². The maximum Gasteiger partial charge on any atom is 0.410 e. The van der Waals surface area contributed by atoms with Crippen LogP contribution in [0.5, 0.6) is 5.75 Å². The first-order valence-corrected chi connectivity index (χ1v) is 13.4. The van der Waals surface area contributed by atoms with E-state index < -0.39 is 5.60 Å². The van der Waals surface area contributed by atoms with Gasteiger partial charge in [0.05, 0.1) is 25.5 Å². The lowest BCUT2D eigenvalue weighted by atomic mass is 9.84. The molecule has 200 valence electrons. The van der Waals surface area contributed by atoms with E-state index in [1.807, 2.05) is 44.1 Å². The molecule has 3 fully saturated rings. The Bertz CT molecular complexity index is 1420. The maximum atomic E-state index is 12.7. The maximum absolute atomic E-state index is 12.7. The van der Waals surface area contributed by atoms with Crippen molar-refractivity contribution in [2.75, 3.05) is 26.7 Å². The van der Waals surface area contributed by atoms with Crippen LogP contribution in [0.15, 0.2) is 24.7 Å². The highest BCUT2D eigenvalue weighted by Gasteiger charge is 2.46. The number of rotatable bonds is 4. The summed E-state index contributed by atoms with van der Waals surface area (Å²) in [5.41, 5.74) is 3.77. The summed E-state index contributed by atoms with van der Waals surface area (Å²) in [6, 6.07) is 5.23. The summed E-state index contributed by atoms with van der Waals surface area (Å²) in [7, 11) is 1.61. The van der Waals surface area contributed by atoms with Crippen molar-refractivity contribution in [3.8, 4) is 22.9 Å². The van der Waals surface area contributed by atoms with Crippen LogP contribution in [-0.2, 0) is 4.74 Å². The van der Waals surface area contributed by atoms with Crippen LogP contribution >= 0.6 is 0 Å². The highest BCUT2D eigenvalue weighted by atomic mass is 16.6. The third-order valence-electron chi connectivity index (χ3n) is 8.30. The summed E-state index contributed by atoms with van der Waals surface area (Å²) in [5.74, 6) is 1.17. The summed E-state index contributed by atoms with van der Waals surface area (Å²) >= 11 is 0. The molecule has 0 N–H and O–H groups in total. The first-order valence-electron chi connectivity index (χ1n) is 13.4. The average molecular weight is 518 g/mol. The van der Waals surface area contributed by atoms with Crippen molar-refractivity contribution >= 4 is 11.6 Å². The molecule has 0 spiro atoms. The number of carbonyl (C=O) groups excluding carboxylic acids is 1. The number of nitriles is 1. The van der Waals surface area contributed by atoms with Gasteiger partial charge in [-0.15, -0.1) is 0 Å². The van der Waals surface area contributed by atoms with Crippen molar-refractivity contribution in [1.82, 2.24) is 29.2 Å². The number of amides is 1. The summed E-state index contributed by atoms with van der Waals surface area (Å²) in [4.78, 5) is 17.3. The molecule has 3 aromatic rings. The van der Waals surface area contributed by atoms with E-state index in [0.29, 0.717) is 34.8 Å². The lowest BCUT2D eigenvalue weighted by Crippen LogP contribution is -2.55. The number of fused-ring (bicyclic) bond motifs is 3. The standard InChI is InChI=1S/C28H35N7O3/c1-17-24(19-8-25(37-5)26-20(10-29)11-30-34(26)14-19)12-31-35(17)23-15-32(16-23)21-6-18-7-22(9-21)33(13-18)27(36)38-28(2,3)4/h8,11-12,14,18,21-23H,6-7,9,13,15-16H2,1-5H3. The molecule has 2 aliphatic heterocycles. The third kappa shape index (κ3) is 4.19. The molecule has 1 aliphatic carbocycles. The third-order valence-corrected chi connectivity index (χ3v) is 8.30. The minimum absolute atomic E-state index is 0.166. The minimum atomic E-state index is -0.465. The Labute approximate surface area is 222 Å². The van der Waals surface area contributed by atoms with Crippen molar-refractivity contribution in [3.63, 3.8) is 0 Å². The van der Waals surface area contributed by atoms with E-state index in [-0.39, 0.29) is 12.1 Å². The van der Waals surface area contributed by atoms with Crippen molar-refractivity contribution in [3.05, 3.63) is 35.9 Å². The number of methoxy groups -OCH3 is 1. The quantitative estimate of drug-likeness (QED) is 0.515. The van der Waals surface area contributed by atoms with Crippen LogP contribution in [-0.4, -0.2) is 79.7 Å². The molecule has 1 amide bonds. The van der Waals surface area contributed by atoms with E-state index in [0.717, 1.165) is 55.7 Å². The normalized spacial score (nSPS) is 23.9. The van der Waals surface area contributed by atoms with E-state index in [9.17, 15) is 10.1 Å². The number of carbonyl (C=O) groups is 1. The van der Waals surface area contributed by atoms with Crippen molar-refractivity contribution in [2.24, 2.45) is 5.92 Å². The molecule has 3 aliphatic rings. The van der Waals surface area contributed by atoms with Gasteiger partial charge in [-0.25, -0.2) is 9.31 Å². The van der Waals surface area contributed by atoms with Gasteiger partial charge in [-0.1, -0.05) is 0 Å². The van der Waals surface area contributed by atoms with Gasteiger partial charge in [-0.2, -0.15) is 15.5 Å². The number of pyridine rings is 1. The fourth-order valence-corrected chi connectivity index (χ4v) is 6.53. The van der Waals surface area contributed by atoms with Crippen LogP contribution in [0.2, 0.25) is 0 Å². The fraction of sp³-hybridized carbons (Fsp3) is 0.571. The number of nitrogens with zero attached hydrogens (tertiary/aromatic N) is 7.